The zero-order valence-corrected chi connectivity index (χ0v) is 17.3. The van der Waals surface area contributed by atoms with E-state index in [1.807, 2.05) is 0 Å². The van der Waals surface area contributed by atoms with Gasteiger partial charge in [0.2, 0.25) is 0 Å². The van der Waals surface area contributed by atoms with Gasteiger partial charge < -0.3 is 5.32 Å². The molecule has 0 aliphatic carbocycles. The first-order chi connectivity index (χ1) is 14.3. The van der Waals surface area contributed by atoms with Crippen LogP contribution in [0.15, 0.2) is 47.4 Å². The molecule has 3 rings (SSSR count). The van der Waals surface area contributed by atoms with Crippen molar-refractivity contribution in [2.24, 2.45) is 0 Å². The lowest BCUT2D eigenvalue weighted by atomic mass is 10.1. The highest BCUT2D eigenvalue weighted by Crippen LogP contribution is 2.32. The number of halogens is 1. The molecule has 10 heteroatoms. The van der Waals surface area contributed by atoms with Crippen LogP contribution in [0, 0.1) is 17.0 Å². The molecule has 2 aromatic carbocycles. The first-order valence-electron chi connectivity index (χ1n) is 8.80. The zero-order valence-electron chi connectivity index (χ0n) is 15.8. The normalized spacial score (nSPS) is 15.0. The van der Waals surface area contributed by atoms with Gasteiger partial charge in [0.1, 0.15) is 0 Å². The molecule has 0 bridgehead atoms. The Morgan fingerprint density at radius 2 is 1.93 bits per heavy atom. The van der Waals surface area contributed by atoms with E-state index in [4.69, 9.17) is 11.6 Å². The molecule has 1 heterocycles. The third-order valence-electron chi connectivity index (χ3n) is 4.32. The Morgan fingerprint density at radius 1 is 1.23 bits per heavy atom. The van der Waals surface area contributed by atoms with Crippen LogP contribution in [0.3, 0.4) is 0 Å². The maximum Gasteiger partial charge on any atom is 0.293 e. The van der Waals surface area contributed by atoms with Gasteiger partial charge in [-0.05, 0) is 54.6 Å². The molecule has 0 unspecified atom stereocenters. The van der Waals surface area contributed by atoms with Gasteiger partial charge in [-0.1, -0.05) is 23.7 Å². The second kappa shape index (κ2) is 9.10. The molecule has 0 spiro atoms. The standard InChI is InChI=1S/C20H16ClN3O5S/c1-12-10-14(4-7-16(12)24(28)29)18(25)22-8-9-23-19(26)17(30-20(23)27)11-13-2-5-15(21)6-3-13/h2-7,10-11H,8-9H2,1H3,(H,22,25)/b17-11-. The molecule has 1 N–H and O–H groups in total. The number of thioether (sulfide) groups is 1. The molecular formula is C20H16ClN3O5S. The molecule has 0 radical (unpaired) electrons. The molecular weight excluding hydrogens is 430 g/mol. The Hall–Kier alpha value is -3.17. The summed E-state index contributed by atoms with van der Waals surface area (Å²) in [6, 6.07) is 10.9. The molecule has 3 amide bonds. The van der Waals surface area contributed by atoms with E-state index in [0.717, 1.165) is 22.2 Å². The van der Waals surface area contributed by atoms with Crippen molar-refractivity contribution in [1.82, 2.24) is 10.2 Å². The number of benzene rings is 2. The highest BCUT2D eigenvalue weighted by molar-refractivity contribution is 8.18. The fourth-order valence-electron chi connectivity index (χ4n) is 2.79. The Morgan fingerprint density at radius 3 is 2.57 bits per heavy atom. The van der Waals surface area contributed by atoms with Gasteiger partial charge in [-0.25, -0.2) is 0 Å². The molecule has 1 aliphatic rings. The van der Waals surface area contributed by atoms with Crippen LogP contribution >= 0.6 is 23.4 Å². The van der Waals surface area contributed by atoms with Crippen LogP contribution in [0.2, 0.25) is 5.02 Å². The van der Waals surface area contributed by atoms with Gasteiger partial charge in [0.05, 0.1) is 9.83 Å². The largest absolute Gasteiger partial charge is 0.350 e. The minimum atomic E-state index is -0.519. The summed E-state index contributed by atoms with van der Waals surface area (Å²) in [6.45, 7) is 1.61. The van der Waals surface area contributed by atoms with Crippen molar-refractivity contribution in [3.05, 3.63) is 79.2 Å². The summed E-state index contributed by atoms with van der Waals surface area (Å²) < 4.78 is 0. The number of carbonyl (C=O) groups excluding carboxylic acids is 3. The summed E-state index contributed by atoms with van der Waals surface area (Å²) in [4.78, 5) is 48.6. The first-order valence-corrected chi connectivity index (χ1v) is 10.00. The van der Waals surface area contributed by atoms with Gasteiger partial charge in [-0.15, -0.1) is 0 Å². The summed E-state index contributed by atoms with van der Waals surface area (Å²) in [5.74, 6) is -0.878. The molecule has 0 saturated carbocycles. The van der Waals surface area contributed by atoms with E-state index in [-0.39, 0.29) is 24.3 Å². The minimum Gasteiger partial charge on any atom is -0.350 e. The third-order valence-corrected chi connectivity index (χ3v) is 5.48. The Labute approximate surface area is 181 Å². The van der Waals surface area contributed by atoms with E-state index in [9.17, 15) is 24.5 Å². The van der Waals surface area contributed by atoms with Crippen LogP contribution in [-0.2, 0) is 4.79 Å². The average molecular weight is 446 g/mol. The van der Waals surface area contributed by atoms with E-state index in [0.29, 0.717) is 15.5 Å². The number of carbonyl (C=O) groups is 3. The molecule has 1 aliphatic heterocycles. The van der Waals surface area contributed by atoms with Gasteiger partial charge in [-0.2, -0.15) is 0 Å². The number of amides is 3. The third kappa shape index (κ3) is 4.87. The number of rotatable bonds is 6. The molecule has 30 heavy (non-hydrogen) atoms. The van der Waals surface area contributed by atoms with E-state index in [1.165, 1.54) is 18.2 Å². The first kappa shape index (κ1) is 21.5. The molecule has 2 aromatic rings. The van der Waals surface area contributed by atoms with Crippen molar-refractivity contribution >= 4 is 52.2 Å². The van der Waals surface area contributed by atoms with Crippen LogP contribution in [0.25, 0.3) is 6.08 Å². The predicted octanol–water partition coefficient (Wildman–Crippen LogP) is 4.02. The molecule has 0 atom stereocenters. The number of nitro groups is 1. The lowest BCUT2D eigenvalue weighted by molar-refractivity contribution is -0.385. The summed E-state index contributed by atoms with van der Waals surface area (Å²) in [6.07, 6.45) is 1.61. The lowest BCUT2D eigenvalue weighted by Crippen LogP contribution is -2.37. The van der Waals surface area contributed by atoms with E-state index >= 15 is 0 Å². The number of aryl methyl sites for hydroxylation is 1. The van der Waals surface area contributed by atoms with Crippen LogP contribution in [0.5, 0.6) is 0 Å². The topological polar surface area (TPSA) is 110 Å². The number of hydrogen-bond donors (Lipinski definition) is 1. The zero-order chi connectivity index (χ0) is 21.8. The SMILES string of the molecule is Cc1cc(C(=O)NCCN2C(=O)S/C(=C\c3ccc(Cl)cc3)C2=O)ccc1[N+](=O)[O-]. The van der Waals surface area contributed by atoms with Gasteiger partial charge in [0.25, 0.3) is 22.7 Å². The smallest absolute Gasteiger partial charge is 0.293 e. The molecule has 154 valence electrons. The maximum atomic E-state index is 12.5. The van der Waals surface area contributed by atoms with E-state index in [1.54, 1.807) is 37.3 Å². The highest BCUT2D eigenvalue weighted by atomic mass is 35.5. The van der Waals surface area contributed by atoms with Crippen LogP contribution in [-0.4, -0.2) is 40.0 Å². The summed E-state index contributed by atoms with van der Waals surface area (Å²) in [5, 5.41) is 13.6. The fourth-order valence-corrected chi connectivity index (χ4v) is 3.78. The van der Waals surface area contributed by atoms with Gasteiger partial charge >= 0.3 is 0 Å². The van der Waals surface area contributed by atoms with Crippen LogP contribution in [0.4, 0.5) is 10.5 Å². The van der Waals surface area contributed by atoms with Gasteiger partial charge in [0.15, 0.2) is 0 Å². The summed E-state index contributed by atoms with van der Waals surface area (Å²) >= 11 is 6.67. The monoisotopic (exact) mass is 445 g/mol. The van der Waals surface area contributed by atoms with Crippen molar-refractivity contribution in [2.45, 2.75) is 6.92 Å². The van der Waals surface area contributed by atoms with E-state index < -0.39 is 22.0 Å². The second-order valence-electron chi connectivity index (χ2n) is 6.40. The maximum absolute atomic E-state index is 12.5. The Kier molecular flexibility index (Phi) is 6.53. The Balaban J connectivity index is 1.59. The number of hydrogen-bond acceptors (Lipinski definition) is 6. The quantitative estimate of drug-likeness (QED) is 0.408. The fraction of sp³-hybridized carbons (Fsp3) is 0.150. The average Bonchev–Trinajstić information content (AvgIpc) is 2.96. The second-order valence-corrected chi connectivity index (χ2v) is 7.83. The van der Waals surface area contributed by atoms with Crippen molar-refractivity contribution in [1.29, 1.82) is 0 Å². The molecule has 0 aromatic heterocycles. The number of nitro benzene ring substituents is 1. The van der Waals surface area contributed by atoms with Gasteiger partial charge in [-0.3, -0.25) is 29.4 Å². The number of nitrogens with zero attached hydrogens (tertiary/aromatic N) is 2. The van der Waals surface area contributed by atoms with Gasteiger partial charge in [0, 0.05) is 35.3 Å². The van der Waals surface area contributed by atoms with Crippen LogP contribution in [0.1, 0.15) is 21.5 Å². The van der Waals surface area contributed by atoms with Crippen LogP contribution < -0.4 is 5.32 Å². The number of imide groups is 1. The Bertz CT molecular complexity index is 1070. The molecule has 1 fully saturated rings. The van der Waals surface area contributed by atoms with Crippen molar-refractivity contribution in [2.75, 3.05) is 13.1 Å². The lowest BCUT2D eigenvalue weighted by Gasteiger charge is -2.13. The minimum absolute atomic E-state index is 0.0142. The predicted molar refractivity (Wildman–Crippen MR) is 114 cm³/mol. The summed E-state index contributed by atoms with van der Waals surface area (Å²) in [5.41, 5.74) is 1.30. The van der Waals surface area contributed by atoms with Crippen molar-refractivity contribution in [3.8, 4) is 0 Å². The number of nitrogens with one attached hydrogen (secondary N) is 1. The molecule has 1 saturated heterocycles. The van der Waals surface area contributed by atoms with Crippen molar-refractivity contribution in [3.63, 3.8) is 0 Å². The highest BCUT2D eigenvalue weighted by Gasteiger charge is 2.34. The van der Waals surface area contributed by atoms with Crippen molar-refractivity contribution < 1.29 is 19.3 Å². The van der Waals surface area contributed by atoms with E-state index in [2.05, 4.69) is 5.32 Å². The molecule has 8 nitrogen and oxygen atoms in total. The summed E-state index contributed by atoms with van der Waals surface area (Å²) in [7, 11) is 0.